The molecule has 0 aliphatic rings. The van der Waals surface area contributed by atoms with Gasteiger partial charge in [-0.2, -0.15) is 0 Å². The fourth-order valence-electron chi connectivity index (χ4n) is 1.47. The smallest absolute Gasteiger partial charge is 0.0702 e. The van der Waals surface area contributed by atoms with Crippen LogP contribution in [-0.2, 0) is 6.61 Å². The summed E-state index contributed by atoms with van der Waals surface area (Å²) < 4.78 is 0. The number of pyridine rings is 1. The zero-order valence-electron chi connectivity index (χ0n) is 8.88. The Kier molecular flexibility index (Phi) is 3.46. The van der Waals surface area contributed by atoms with Crippen LogP contribution in [0.1, 0.15) is 16.8 Å². The third-order valence-corrected chi connectivity index (χ3v) is 2.33. The molecule has 0 atom stereocenters. The van der Waals surface area contributed by atoms with Gasteiger partial charge >= 0.3 is 0 Å². The zero-order valence-corrected chi connectivity index (χ0v) is 8.88. The van der Waals surface area contributed by atoms with Crippen molar-refractivity contribution in [2.45, 2.75) is 6.61 Å². The van der Waals surface area contributed by atoms with Gasteiger partial charge in [0.15, 0.2) is 0 Å². The number of aliphatic hydroxyl groups excluding tert-OH is 1. The monoisotopic (exact) mass is 211 g/mol. The molecule has 80 valence electrons. The summed E-state index contributed by atoms with van der Waals surface area (Å²) in [6, 6.07) is 13.7. The Labute approximate surface area is 94.9 Å². The Balaban J connectivity index is 2.24. The topological polar surface area (TPSA) is 33.1 Å². The molecule has 0 radical (unpaired) electrons. The highest BCUT2D eigenvalue weighted by Gasteiger charge is 1.96. The largest absolute Gasteiger partial charge is 0.392 e. The lowest BCUT2D eigenvalue weighted by atomic mass is 10.1. The summed E-state index contributed by atoms with van der Waals surface area (Å²) in [6.45, 7) is 0.0162. The van der Waals surface area contributed by atoms with Gasteiger partial charge in [0, 0.05) is 11.8 Å². The molecule has 2 heteroatoms. The predicted octanol–water partition coefficient (Wildman–Crippen LogP) is 2.74. The molecule has 0 aliphatic carbocycles. The normalized spacial score (nSPS) is 10.8. The van der Waals surface area contributed by atoms with E-state index < -0.39 is 0 Å². The van der Waals surface area contributed by atoms with E-state index in [1.54, 1.807) is 6.20 Å². The van der Waals surface area contributed by atoms with Crippen molar-refractivity contribution < 1.29 is 5.11 Å². The molecule has 1 heterocycles. The van der Waals surface area contributed by atoms with E-state index in [1.165, 1.54) is 0 Å². The number of rotatable bonds is 3. The maximum Gasteiger partial charge on any atom is 0.0702 e. The first-order valence-electron chi connectivity index (χ1n) is 5.18. The fourth-order valence-corrected chi connectivity index (χ4v) is 1.47. The van der Waals surface area contributed by atoms with Crippen molar-refractivity contribution in [1.29, 1.82) is 0 Å². The van der Waals surface area contributed by atoms with Gasteiger partial charge in [0.25, 0.3) is 0 Å². The van der Waals surface area contributed by atoms with Crippen molar-refractivity contribution in [3.05, 3.63) is 65.5 Å². The van der Waals surface area contributed by atoms with E-state index in [9.17, 15) is 0 Å². The van der Waals surface area contributed by atoms with E-state index in [0.717, 1.165) is 16.8 Å². The molecule has 2 nitrogen and oxygen atoms in total. The summed E-state index contributed by atoms with van der Waals surface area (Å²) in [7, 11) is 0. The van der Waals surface area contributed by atoms with Crippen LogP contribution in [0.3, 0.4) is 0 Å². The van der Waals surface area contributed by atoms with E-state index in [0.29, 0.717) is 0 Å². The van der Waals surface area contributed by atoms with Gasteiger partial charge < -0.3 is 5.11 Å². The third-order valence-electron chi connectivity index (χ3n) is 2.33. The first kappa shape index (κ1) is 10.6. The van der Waals surface area contributed by atoms with Crippen LogP contribution >= 0.6 is 0 Å². The van der Waals surface area contributed by atoms with Crippen molar-refractivity contribution in [2.24, 2.45) is 0 Å². The van der Waals surface area contributed by atoms with Gasteiger partial charge in [-0.05, 0) is 17.7 Å². The standard InChI is InChI=1S/C14H13NO/c16-11-13-7-4-10-15-14(13)9-8-12-5-2-1-3-6-12/h1-10,16H,11H2/b9-8+. The molecule has 2 rings (SSSR count). The van der Waals surface area contributed by atoms with E-state index in [1.807, 2.05) is 54.6 Å². The minimum atomic E-state index is 0.0162. The third kappa shape index (κ3) is 2.55. The average Bonchev–Trinajstić information content (AvgIpc) is 2.38. The molecule has 0 saturated carbocycles. The molecule has 1 N–H and O–H groups in total. The highest BCUT2D eigenvalue weighted by molar-refractivity contribution is 5.69. The van der Waals surface area contributed by atoms with Crippen LogP contribution in [-0.4, -0.2) is 10.1 Å². The molecule has 1 aromatic carbocycles. The maximum atomic E-state index is 9.14. The molecule has 0 bridgehead atoms. The molecule has 2 aromatic rings. The molecule has 16 heavy (non-hydrogen) atoms. The van der Waals surface area contributed by atoms with E-state index in [4.69, 9.17) is 5.11 Å². The Morgan fingerprint density at radius 2 is 1.81 bits per heavy atom. The second-order valence-electron chi connectivity index (χ2n) is 3.45. The molecular weight excluding hydrogens is 198 g/mol. The highest BCUT2D eigenvalue weighted by atomic mass is 16.3. The van der Waals surface area contributed by atoms with Crippen molar-refractivity contribution in [1.82, 2.24) is 4.98 Å². The summed E-state index contributed by atoms with van der Waals surface area (Å²) in [5, 5.41) is 9.14. The minimum absolute atomic E-state index is 0.0162. The van der Waals surface area contributed by atoms with Crippen LogP contribution < -0.4 is 0 Å². The highest BCUT2D eigenvalue weighted by Crippen LogP contribution is 2.10. The van der Waals surface area contributed by atoms with Crippen molar-refractivity contribution in [3.63, 3.8) is 0 Å². The molecular formula is C14H13NO. The van der Waals surface area contributed by atoms with Crippen LogP contribution in [0, 0.1) is 0 Å². The van der Waals surface area contributed by atoms with E-state index >= 15 is 0 Å². The fraction of sp³-hybridized carbons (Fsp3) is 0.0714. The van der Waals surface area contributed by atoms with Crippen molar-refractivity contribution in [3.8, 4) is 0 Å². The van der Waals surface area contributed by atoms with E-state index in [2.05, 4.69) is 4.98 Å². The summed E-state index contributed by atoms with van der Waals surface area (Å²) in [4.78, 5) is 4.22. The van der Waals surface area contributed by atoms with Crippen molar-refractivity contribution >= 4 is 12.2 Å². The van der Waals surface area contributed by atoms with E-state index in [-0.39, 0.29) is 6.61 Å². The van der Waals surface area contributed by atoms with Gasteiger partial charge in [-0.3, -0.25) is 4.98 Å². The SMILES string of the molecule is OCc1cccnc1/C=C/c1ccccc1. The minimum Gasteiger partial charge on any atom is -0.392 e. The number of aliphatic hydroxyl groups is 1. The zero-order chi connectivity index (χ0) is 11.2. The van der Waals surface area contributed by atoms with Gasteiger partial charge in [0.05, 0.1) is 12.3 Å². The van der Waals surface area contributed by atoms with Gasteiger partial charge in [-0.1, -0.05) is 42.5 Å². The summed E-state index contributed by atoms with van der Waals surface area (Å²) in [5.41, 5.74) is 2.78. The first-order chi connectivity index (χ1) is 7.90. The second-order valence-corrected chi connectivity index (χ2v) is 3.45. The van der Waals surface area contributed by atoms with Gasteiger partial charge in [0.2, 0.25) is 0 Å². The molecule has 0 fully saturated rings. The molecule has 0 amide bonds. The van der Waals surface area contributed by atoms with Crippen LogP contribution in [0.15, 0.2) is 48.7 Å². The lowest BCUT2D eigenvalue weighted by Gasteiger charge is -2.00. The number of nitrogens with zero attached hydrogens (tertiary/aromatic N) is 1. The average molecular weight is 211 g/mol. The summed E-state index contributed by atoms with van der Waals surface area (Å²) in [6.07, 6.45) is 5.63. The second kappa shape index (κ2) is 5.24. The number of benzene rings is 1. The quantitative estimate of drug-likeness (QED) is 0.846. The first-order valence-corrected chi connectivity index (χ1v) is 5.18. The van der Waals surface area contributed by atoms with Gasteiger partial charge in [-0.15, -0.1) is 0 Å². The van der Waals surface area contributed by atoms with Crippen LogP contribution in [0.2, 0.25) is 0 Å². The molecule has 0 saturated heterocycles. The van der Waals surface area contributed by atoms with Crippen LogP contribution in [0.5, 0.6) is 0 Å². The molecule has 1 aromatic heterocycles. The molecule has 0 unspecified atom stereocenters. The lowest BCUT2D eigenvalue weighted by molar-refractivity contribution is 0.281. The summed E-state index contributed by atoms with van der Waals surface area (Å²) >= 11 is 0. The lowest BCUT2D eigenvalue weighted by Crippen LogP contribution is -1.90. The number of hydrogen-bond donors (Lipinski definition) is 1. The summed E-state index contributed by atoms with van der Waals surface area (Å²) in [5.74, 6) is 0. The number of aromatic nitrogens is 1. The molecule has 0 spiro atoms. The Morgan fingerprint density at radius 3 is 2.56 bits per heavy atom. The maximum absolute atomic E-state index is 9.14. The molecule has 0 aliphatic heterocycles. The van der Waals surface area contributed by atoms with Crippen LogP contribution in [0.4, 0.5) is 0 Å². The predicted molar refractivity (Wildman–Crippen MR) is 65.5 cm³/mol. The van der Waals surface area contributed by atoms with Gasteiger partial charge in [-0.25, -0.2) is 0 Å². The van der Waals surface area contributed by atoms with Crippen LogP contribution in [0.25, 0.3) is 12.2 Å². The number of hydrogen-bond acceptors (Lipinski definition) is 2. The van der Waals surface area contributed by atoms with Crippen molar-refractivity contribution in [2.75, 3.05) is 0 Å². The Hall–Kier alpha value is -1.93. The Bertz CT molecular complexity index is 477. The van der Waals surface area contributed by atoms with Gasteiger partial charge in [0.1, 0.15) is 0 Å². The Morgan fingerprint density at radius 1 is 1.00 bits per heavy atom.